The lowest BCUT2D eigenvalue weighted by atomic mass is 9.95. The third kappa shape index (κ3) is 4.68. The van der Waals surface area contributed by atoms with E-state index in [1.54, 1.807) is 7.11 Å². The van der Waals surface area contributed by atoms with Crippen LogP contribution < -0.4 is 10.1 Å². The number of benzene rings is 2. The molecule has 0 bridgehead atoms. The van der Waals surface area contributed by atoms with E-state index in [0.717, 1.165) is 37.1 Å². The molecular formula is C23H26N4O3. The van der Waals surface area contributed by atoms with Gasteiger partial charge in [-0.2, -0.15) is 4.98 Å². The molecule has 30 heavy (non-hydrogen) atoms. The standard InChI is InChI=1S/C23H26N4O3/c1-16-6-5-7-18(14-16)23-25-21(26-30-23)15-27-12-10-17(11-13-27)22(28)24-19-8-3-4-9-20(19)29-2/h3-9,14,17H,10-13,15H2,1-2H3,(H,24,28). The van der Waals surface area contributed by atoms with Crippen LogP contribution in [0.3, 0.4) is 0 Å². The Kier molecular flexibility index (Phi) is 6.09. The Morgan fingerprint density at radius 1 is 1.20 bits per heavy atom. The van der Waals surface area contributed by atoms with Crippen LogP contribution in [0.4, 0.5) is 5.69 Å². The third-order valence-corrected chi connectivity index (χ3v) is 5.42. The van der Waals surface area contributed by atoms with Gasteiger partial charge in [-0.1, -0.05) is 35.0 Å². The topological polar surface area (TPSA) is 80.5 Å². The zero-order valence-corrected chi connectivity index (χ0v) is 17.3. The number of para-hydroxylation sites is 2. The highest BCUT2D eigenvalue weighted by Gasteiger charge is 2.26. The Bertz CT molecular complexity index is 1010. The maximum Gasteiger partial charge on any atom is 0.257 e. The van der Waals surface area contributed by atoms with Crippen molar-refractivity contribution in [2.45, 2.75) is 26.3 Å². The first-order valence-corrected chi connectivity index (χ1v) is 10.2. The molecule has 2 aromatic carbocycles. The van der Waals surface area contributed by atoms with Crippen molar-refractivity contribution in [2.24, 2.45) is 5.92 Å². The molecule has 0 radical (unpaired) electrons. The molecule has 156 valence electrons. The average Bonchev–Trinajstić information content (AvgIpc) is 3.23. The zero-order chi connectivity index (χ0) is 20.9. The molecule has 0 unspecified atom stereocenters. The molecule has 1 aliphatic rings. The van der Waals surface area contributed by atoms with Gasteiger partial charge in [-0.15, -0.1) is 0 Å². The summed E-state index contributed by atoms with van der Waals surface area (Å²) < 4.78 is 10.7. The van der Waals surface area contributed by atoms with Crippen molar-refractivity contribution in [3.05, 3.63) is 59.9 Å². The van der Waals surface area contributed by atoms with Crippen LogP contribution in [-0.2, 0) is 11.3 Å². The highest BCUT2D eigenvalue weighted by Crippen LogP contribution is 2.26. The van der Waals surface area contributed by atoms with Crippen LogP contribution in [0.1, 0.15) is 24.2 Å². The molecule has 1 aliphatic heterocycles. The number of nitrogens with one attached hydrogen (secondary N) is 1. The fourth-order valence-corrected chi connectivity index (χ4v) is 3.75. The van der Waals surface area contributed by atoms with Gasteiger partial charge in [-0.25, -0.2) is 0 Å². The Hall–Kier alpha value is -3.19. The largest absolute Gasteiger partial charge is 0.495 e. The van der Waals surface area contributed by atoms with Gasteiger partial charge in [-0.05, 0) is 57.1 Å². The van der Waals surface area contributed by atoms with Crippen LogP contribution in [0.25, 0.3) is 11.5 Å². The summed E-state index contributed by atoms with van der Waals surface area (Å²) in [6.45, 7) is 4.29. The molecule has 1 aromatic heterocycles. The second-order valence-corrected chi connectivity index (χ2v) is 7.63. The molecule has 0 spiro atoms. The van der Waals surface area contributed by atoms with Crippen molar-refractivity contribution >= 4 is 11.6 Å². The summed E-state index contributed by atoms with van der Waals surface area (Å²) in [5.74, 6) is 1.91. The number of rotatable bonds is 6. The number of ether oxygens (including phenoxy) is 1. The number of nitrogens with zero attached hydrogens (tertiary/aromatic N) is 3. The molecule has 0 atom stereocenters. The number of carbonyl (C=O) groups is 1. The van der Waals surface area contributed by atoms with Crippen LogP contribution >= 0.6 is 0 Å². The number of aryl methyl sites for hydroxylation is 1. The predicted octanol–water partition coefficient (Wildman–Crippen LogP) is 3.90. The number of anilines is 1. The van der Waals surface area contributed by atoms with Crippen molar-refractivity contribution in [3.63, 3.8) is 0 Å². The summed E-state index contributed by atoms with van der Waals surface area (Å²) in [4.78, 5) is 19.5. The van der Waals surface area contributed by atoms with Crippen LogP contribution in [0.2, 0.25) is 0 Å². The van der Waals surface area contributed by atoms with Crippen molar-refractivity contribution in [3.8, 4) is 17.2 Å². The van der Waals surface area contributed by atoms with E-state index in [4.69, 9.17) is 9.26 Å². The molecule has 0 saturated carbocycles. The Morgan fingerprint density at radius 3 is 2.77 bits per heavy atom. The number of amides is 1. The van der Waals surface area contributed by atoms with Gasteiger partial charge in [0.1, 0.15) is 5.75 Å². The molecule has 2 heterocycles. The number of aromatic nitrogens is 2. The first kappa shape index (κ1) is 20.1. The minimum absolute atomic E-state index is 0.0146. The van der Waals surface area contributed by atoms with Gasteiger partial charge in [0.05, 0.1) is 19.3 Å². The number of hydrogen-bond acceptors (Lipinski definition) is 6. The van der Waals surface area contributed by atoms with Crippen molar-refractivity contribution in [2.75, 3.05) is 25.5 Å². The van der Waals surface area contributed by atoms with Gasteiger partial charge in [0.15, 0.2) is 5.82 Å². The molecule has 1 saturated heterocycles. The molecule has 1 fully saturated rings. The van der Waals surface area contributed by atoms with E-state index in [1.165, 1.54) is 0 Å². The second kappa shape index (κ2) is 9.09. The zero-order valence-electron chi connectivity index (χ0n) is 17.3. The number of piperidine rings is 1. The monoisotopic (exact) mass is 406 g/mol. The van der Waals surface area contributed by atoms with Crippen LogP contribution in [-0.4, -0.2) is 41.1 Å². The van der Waals surface area contributed by atoms with E-state index in [1.807, 2.05) is 55.5 Å². The minimum Gasteiger partial charge on any atom is -0.495 e. The lowest BCUT2D eigenvalue weighted by Crippen LogP contribution is -2.38. The molecule has 1 amide bonds. The summed E-state index contributed by atoms with van der Waals surface area (Å²) in [6, 6.07) is 15.5. The maximum absolute atomic E-state index is 12.7. The smallest absolute Gasteiger partial charge is 0.257 e. The first-order valence-electron chi connectivity index (χ1n) is 10.2. The molecule has 3 aromatic rings. The summed E-state index contributed by atoms with van der Waals surface area (Å²) >= 11 is 0. The average molecular weight is 406 g/mol. The lowest BCUT2D eigenvalue weighted by molar-refractivity contribution is -0.121. The van der Waals surface area contributed by atoms with Crippen LogP contribution in [0, 0.1) is 12.8 Å². The number of methoxy groups -OCH3 is 1. The van der Waals surface area contributed by atoms with E-state index < -0.39 is 0 Å². The Morgan fingerprint density at radius 2 is 2.00 bits per heavy atom. The van der Waals surface area contributed by atoms with Gasteiger partial charge in [0.25, 0.3) is 5.89 Å². The molecule has 1 N–H and O–H groups in total. The molecular weight excluding hydrogens is 380 g/mol. The van der Waals surface area contributed by atoms with E-state index in [2.05, 4.69) is 20.4 Å². The molecule has 7 heteroatoms. The molecule has 7 nitrogen and oxygen atoms in total. The van der Waals surface area contributed by atoms with Gasteiger partial charge >= 0.3 is 0 Å². The molecule has 4 rings (SSSR count). The number of carbonyl (C=O) groups excluding carboxylic acids is 1. The lowest BCUT2D eigenvalue weighted by Gasteiger charge is -2.30. The first-order chi connectivity index (χ1) is 14.6. The van der Waals surface area contributed by atoms with Gasteiger partial charge in [-0.3, -0.25) is 9.69 Å². The van der Waals surface area contributed by atoms with Gasteiger partial charge < -0.3 is 14.6 Å². The van der Waals surface area contributed by atoms with E-state index in [9.17, 15) is 4.79 Å². The highest BCUT2D eigenvalue weighted by atomic mass is 16.5. The quantitative estimate of drug-likeness (QED) is 0.669. The predicted molar refractivity (Wildman–Crippen MR) is 114 cm³/mol. The van der Waals surface area contributed by atoms with Crippen LogP contribution in [0.15, 0.2) is 53.1 Å². The summed E-state index contributed by atoms with van der Waals surface area (Å²) in [5, 5.41) is 7.12. The summed E-state index contributed by atoms with van der Waals surface area (Å²) in [5.41, 5.74) is 2.80. The van der Waals surface area contributed by atoms with Crippen molar-refractivity contribution in [1.29, 1.82) is 0 Å². The summed E-state index contributed by atoms with van der Waals surface area (Å²) in [7, 11) is 1.60. The fraction of sp³-hybridized carbons (Fsp3) is 0.348. The fourth-order valence-electron chi connectivity index (χ4n) is 3.75. The maximum atomic E-state index is 12.7. The summed E-state index contributed by atoms with van der Waals surface area (Å²) in [6.07, 6.45) is 1.59. The van der Waals surface area contributed by atoms with Gasteiger partial charge in [0.2, 0.25) is 5.91 Å². The highest BCUT2D eigenvalue weighted by molar-refractivity contribution is 5.94. The normalized spacial score (nSPS) is 15.1. The molecule has 0 aliphatic carbocycles. The SMILES string of the molecule is COc1ccccc1NC(=O)C1CCN(Cc2noc(-c3cccc(C)c3)n2)CC1. The van der Waals surface area contributed by atoms with E-state index in [0.29, 0.717) is 29.7 Å². The van der Waals surface area contributed by atoms with Crippen molar-refractivity contribution in [1.82, 2.24) is 15.0 Å². The number of hydrogen-bond donors (Lipinski definition) is 1. The van der Waals surface area contributed by atoms with Crippen LogP contribution in [0.5, 0.6) is 5.75 Å². The second-order valence-electron chi connectivity index (χ2n) is 7.63. The third-order valence-electron chi connectivity index (χ3n) is 5.42. The van der Waals surface area contributed by atoms with Gasteiger partial charge in [0, 0.05) is 11.5 Å². The Labute approximate surface area is 176 Å². The van der Waals surface area contributed by atoms with E-state index in [-0.39, 0.29) is 11.8 Å². The van der Waals surface area contributed by atoms with Crippen molar-refractivity contribution < 1.29 is 14.1 Å². The number of likely N-dealkylation sites (tertiary alicyclic amines) is 1. The minimum atomic E-state index is -0.0146. The van der Waals surface area contributed by atoms with E-state index >= 15 is 0 Å². The Balaban J connectivity index is 1.30.